The van der Waals surface area contributed by atoms with Crippen molar-refractivity contribution in [1.29, 1.82) is 0 Å². The third-order valence-corrected chi connectivity index (χ3v) is 9.48. The highest BCUT2D eigenvalue weighted by Crippen LogP contribution is 2.24. The zero-order chi connectivity index (χ0) is 29.4. The molecule has 1 saturated carbocycles. The Kier molecular flexibility index (Phi) is 11.0. The van der Waals surface area contributed by atoms with E-state index in [0.29, 0.717) is 12.1 Å². The Bertz CT molecular complexity index is 1410. The number of benzene rings is 3. The molecule has 7 nitrogen and oxygen atoms in total. The first-order valence-corrected chi connectivity index (χ1v) is 17.1. The maximum absolute atomic E-state index is 14.2. The Morgan fingerprint density at radius 3 is 2.02 bits per heavy atom. The highest BCUT2D eigenvalue weighted by Gasteiger charge is 2.34. The van der Waals surface area contributed by atoms with Gasteiger partial charge in [-0.05, 0) is 60.4 Å². The monoisotopic (exact) mass is 703 g/mol. The van der Waals surface area contributed by atoms with Gasteiger partial charge in [-0.25, -0.2) is 8.42 Å². The second-order valence-corrected chi connectivity index (χ2v) is 14.2. The van der Waals surface area contributed by atoms with E-state index in [1.807, 2.05) is 54.6 Å². The topological polar surface area (TPSA) is 86.8 Å². The van der Waals surface area contributed by atoms with E-state index in [1.54, 1.807) is 24.3 Å². The molecule has 0 radical (unpaired) electrons. The smallest absolute Gasteiger partial charge is 0.244 e. The van der Waals surface area contributed by atoms with Gasteiger partial charge in [0.1, 0.15) is 12.6 Å². The van der Waals surface area contributed by atoms with Crippen LogP contribution in [0.15, 0.2) is 87.8 Å². The van der Waals surface area contributed by atoms with Crippen LogP contribution in [0, 0.1) is 0 Å². The van der Waals surface area contributed by atoms with Crippen LogP contribution in [0.4, 0.5) is 5.69 Å². The Morgan fingerprint density at radius 2 is 1.44 bits per heavy atom. The van der Waals surface area contributed by atoms with Crippen LogP contribution in [0.1, 0.15) is 43.2 Å². The van der Waals surface area contributed by atoms with Crippen molar-refractivity contribution in [3.63, 3.8) is 0 Å². The summed E-state index contributed by atoms with van der Waals surface area (Å²) in [5.74, 6) is -0.679. The fraction of sp³-hybridized carbons (Fsp3) is 0.355. The molecule has 3 aromatic rings. The van der Waals surface area contributed by atoms with Gasteiger partial charge < -0.3 is 10.2 Å². The molecule has 3 aromatic carbocycles. The Labute approximate surface area is 259 Å². The van der Waals surface area contributed by atoms with Gasteiger partial charge in [0.05, 0.1) is 11.9 Å². The van der Waals surface area contributed by atoms with Crippen LogP contribution in [0.3, 0.4) is 0 Å². The predicted molar refractivity (Wildman–Crippen MR) is 170 cm³/mol. The maximum Gasteiger partial charge on any atom is 0.244 e. The van der Waals surface area contributed by atoms with Gasteiger partial charge in [-0.3, -0.25) is 13.9 Å². The number of hydrogen-bond acceptors (Lipinski definition) is 4. The van der Waals surface area contributed by atoms with Gasteiger partial charge in [0.2, 0.25) is 21.8 Å². The molecule has 0 spiro atoms. The number of carbonyl (C=O) groups is 2. The average molecular weight is 706 g/mol. The van der Waals surface area contributed by atoms with Crippen molar-refractivity contribution in [2.45, 2.75) is 57.2 Å². The van der Waals surface area contributed by atoms with E-state index in [1.165, 1.54) is 4.90 Å². The quantitative estimate of drug-likeness (QED) is 0.263. The molecule has 0 heterocycles. The van der Waals surface area contributed by atoms with E-state index in [9.17, 15) is 18.0 Å². The van der Waals surface area contributed by atoms with Crippen LogP contribution in [0.25, 0.3) is 0 Å². The number of nitrogens with one attached hydrogen (secondary N) is 1. The van der Waals surface area contributed by atoms with Crippen molar-refractivity contribution in [2.24, 2.45) is 0 Å². The number of nitrogens with zero attached hydrogens (tertiary/aromatic N) is 2. The van der Waals surface area contributed by atoms with Crippen molar-refractivity contribution in [3.8, 4) is 0 Å². The largest absolute Gasteiger partial charge is 0.352 e. The van der Waals surface area contributed by atoms with Crippen LogP contribution in [-0.4, -0.2) is 50.0 Å². The van der Waals surface area contributed by atoms with E-state index >= 15 is 0 Å². The molecule has 1 aliphatic carbocycles. The zero-order valence-corrected chi connectivity index (χ0v) is 27.0. The first-order chi connectivity index (χ1) is 19.6. The number of amides is 2. The number of hydrogen-bond donors (Lipinski definition) is 1. The summed E-state index contributed by atoms with van der Waals surface area (Å²) in [6, 6.07) is 23.2. The first-order valence-electron chi connectivity index (χ1n) is 13.7. The maximum atomic E-state index is 14.2. The molecule has 1 N–H and O–H groups in total. The van der Waals surface area contributed by atoms with Gasteiger partial charge in [-0.15, -0.1) is 0 Å². The highest BCUT2D eigenvalue weighted by molar-refractivity contribution is 9.10. The number of rotatable bonds is 11. The minimum absolute atomic E-state index is 0.0643. The van der Waals surface area contributed by atoms with Crippen molar-refractivity contribution < 1.29 is 18.0 Å². The molecule has 1 fully saturated rings. The van der Waals surface area contributed by atoms with Crippen LogP contribution in [0.2, 0.25) is 0 Å². The van der Waals surface area contributed by atoms with Crippen LogP contribution >= 0.6 is 31.9 Å². The van der Waals surface area contributed by atoms with Gasteiger partial charge in [0.15, 0.2) is 0 Å². The highest BCUT2D eigenvalue weighted by atomic mass is 79.9. The van der Waals surface area contributed by atoms with E-state index < -0.39 is 28.5 Å². The summed E-state index contributed by atoms with van der Waals surface area (Å²) in [5.41, 5.74) is 2.12. The minimum Gasteiger partial charge on any atom is -0.352 e. The standard InChI is InChI=1S/C31H35Br2N3O4S/c1-41(39,40)36(28-18-16-26(33)17-19-28)22-30(37)35(21-24-12-14-25(32)15-13-24)29(20-23-8-4-2-5-9-23)31(38)34-27-10-6-3-7-11-27/h2,4-5,8-9,12-19,27,29H,3,6-7,10-11,20-22H2,1H3,(H,34,38). The Morgan fingerprint density at radius 1 is 0.854 bits per heavy atom. The molecule has 1 unspecified atom stereocenters. The third kappa shape index (κ3) is 9.15. The third-order valence-electron chi connectivity index (χ3n) is 7.28. The number of anilines is 1. The van der Waals surface area contributed by atoms with Gasteiger partial charge in [0, 0.05) is 28.0 Å². The Balaban J connectivity index is 1.71. The summed E-state index contributed by atoms with van der Waals surface area (Å²) in [5, 5.41) is 3.21. The van der Waals surface area contributed by atoms with Crippen molar-refractivity contribution >= 4 is 59.4 Å². The zero-order valence-electron chi connectivity index (χ0n) is 23.0. The second kappa shape index (κ2) is 14.5. The van der Waals surface area contributed by atoms with E-state index in [0.717, 1.165) is 62.7 Å². The summed E-state index contributed by atoms with van der Waals surface area (Å²) >= 11 is 6.83. The van der Waals surface area contributed by atoms with Crippen molar-refractivity contribution in [3.05, 3.63) is 98.9 Å². The fourth-order valence-corrected chi connectivity index (χ4v) is 6.48. The molecular formula is C31H35Br2N3O4S. The van der Waals surface area contributed by atoms with Gasteiger partial charge in [-0.1, -0.05) is 93.6 Å². The number of sulfonamides is 1. The van der Waals surface area contributed by atoms with Crippen LogP contribution in [-0.2, 0) is 32.6 Å². The lowest BCUT2D eigenvalue weighted by molar-refractivity contribution is -0.140. The molecule has 218 valence electrons. The van der Waals surface area contributed by atoms with Crippen molar-refractivity contribution in [1.82, 2.24) is 10.2 Å². The molecule has 0 saturated heterocycles. The van der Waals surface area contributed by atoms with Gasteiger partial charge >= 0.3 is 0 Å². The van der Waals surface area contributed by atoms with Gasteiger partial charge in [-0.2, -0.15) is 0 Å². The number of carbonyl (C=O) groups excluding carboxylic acids is 2. The summed E-state index contributed by atoms with van der Waals surface area (Å²) in [7, 11) is -3.80. The normalized spacial score (nSPS) is 14.7. The van der Waals surface area contributed by atoms with Crippen LogP contribution < -0.4 is 9.62 Å². The molecule has 0 aliphatic heterocycles. The molecule has 2 amide bonds. The molecule has 1 atom stereocenters. The molecular weight excluding hydrogens is 670 g/mol. The van der Waals surface area contributed by atoms with E-state index in [2.05, 4.69) is 37.2 Å². The number of halogens is 2. The molecule has 0 aromatic heterocycles. The molecule has 1 aliphatic rings. The predicted octanol–water partition coefficient (Wildman–Crippen LogP) is 6.07. The first kappa shape index (κ1) is 31.3. The Hall–Kier alpha value is -2.69. The van der Waals surface area contributed by atoms with Crippen LogP contribution in [0.5, 0.6) is 0 Å². The lowest BCUT2D eigenvalue weighted by Crippen LogP contribution is -2.55. The summed E-state index contributed by atoms with van der Waals surface area (Å²) in [4.78, 5) is 29.6. The lowest BCUT2D eigenvalue weighted by atomic mass is 9.94. The van der Waals surface area contributed by atoms with Crippen molar-refractivity contribution in [2.75, 3.05) is 17.1 Å². The molecule has 10 heteroatoms. The summed E-state index contributed by atoms with van der Waals surface area (Å²) in [6.45, 7) is -0.279. The molecule has 0 bridgehead atoms. The fourth-order valence-electron chi connectivity index (χ4n) is 5.11. The molecule has 41 heavy (non-hydrogen) atoms. The minimum atomic E-state index is -3.80. The average Bonchev–Trinajstić information content (AvgIpc) is 2.95. The van der Waals surface area contributed by atoms with Gasteiger partial charge in [0.25, 0.3) is 0 Å². The second-order valence-electron chi connectivity index (χ2n) is 10.4. The molecule has 4 rings (SSSR count). The van der Waals surface area contributed by atoms with E-state index in [-0.39, 0.29) is 18.5 Å². The summed E-state index contributed by atoms with van der Waals surface area (Å²) in [6.07, 6.45) is 6.49. The van der Waals surface area contributed by atoms with E-state index in [4.69, 9.17) is 0 Å². The lowest BCUT2D eigenvalue weighted by Gasteiger charge is -2.35. The summed E-state index contributed by atoms with van der Waals surface area (Å²) < 4.78 is 28.6. The SMILES string of the molecule is CS(=O)(=O)N(CC(=O)N(Cc1ccc(Br)cc1)C(Cc1ccccc1)C(=O)NC1CCCCC1)c1ccc(Br)cc1.